The number of ketones is 1. The fourth-order valence-electron chi connectivity index (χ4n) is 3.50. The van der Waals surface area contributed by atoms with Gasteiger partial charge in [0.05, 0.1) is 5.69 Å². The van der Waals surface area contributed by atoms with Crippen LogP contribution < -0.4 is 0 Å². The number of piperidine rings is 1. The maximum absolute atomic E-state index is 13.3. The number of aryl methyl sites for hydroxylation is 1. The quantitative estimate of drug-likeness (QED) is 0.603. The van der Waals surface area contributed by atoms with Crippen LogP contribution in [0.25, 0.3) is 10.8 Å². The molecule has 1 aliphatic heterocycles. The fourth-order valence-corrected chi connectivity index (χ4v) is 4.57. The molecule has 3 aromatic heterocycles. The maximum atomic E-state index is 13.3. The number of Topliss-reactive ketones (excluding diaryl/α,β-unsaturated/α-hetero) is 1. The van der Waals surface area contributed by atoms with Gasteiger partial charge in [-0.2, -0.15) is 0 Å². The van der Waals surface area contributed by atoms with Crippen LogP contribution >= 0.6 is 11.3 Å². The molecule has 1 amide bonds. The Morgan fingerprint density at radius 1 is 1.14 bits per heavy atom. The van der Waals surface area contributed by atoms with Gasteiger partial charge >= 0.3 is 0 Å². The fraction of sp³-hybridized carbons (Fsp3) is 0.333. The molecule has 4 heterocycles. The average molecular weight is 407 g/mol. The number of carbonyl (C=O) groups is 2. The van der Waals surface area contributed by atoms with Gasteiger partial charge in [-0.25, -0.2) is 15.0 Å². The number of rotatable bonds is 5. The molecule has 0 N–H and O–H groups in total. The van der Waals surface area contributed by atoms with Crippen molar-refractivity contribution >= 4 is 23.0 Å². The molecule has 148 valence electrons. The lowest BCUT2D eigenvalue weighted by Gasteiger charge is -2.31. The highest BCUT2D eigenvalue weighted by atomic mass is 32.1. The normalized spacial score (nSPS) is 16.6. The molecule has 0 radical (unpaired) electrons. The van der Waals surface area contributed by atoms with Crippen molar-refractivity contribution in [3.63, 3.8) is 0 Å². The van der Waals surface area contributed by atoms with E-state index < -0.39 is 0 Å². The van der Waals surface area contributed by atoms with E-state index in [9.17, 15) is 9.59 Å². The first-order valence-electron chi connectivity index (χ1n) is 9.69. The Hall–Kier alpha value is -3.00. The smallest absolute Gasteiger partial charge is 0.265 e. The molecule has 1 saturated heterocycles. The summed E-state index contributed by atoms with van der Waals surface area (Å²) in [5.41, 5.74) is 1.21. The first-order valence-corrected chi connectivity index (χ1v) is 10.5. The minimum atomic E-state index is -0.225. The first kappa shape index (κ1) is 19.3. The molecule has 1 atom stereocenters. The summed E-state index contributed by atoms with van der Waals surface area (Å²) in [6.45, 7) is 3.03. The molecular formula is C21H21N5O2S. The van der Waals surface area contributed by atoms with Crippen LogP contribution in [0.1, 0.15) is 45.6 Å². The molecule has 0 aliphatic carbocycles. The van der Waals surface area contributed by atoms with Crippen LogP contribution in [0.2, 0.25) is 0 Å². The summed E-state index contributed by atoms with van der Waals surface area (Å²) in [6.07, 6.45) is 7.16. The molecule has 1 aliphatic rings. The number of likely N-dealkylation sites (tertiary alicyclic amines) is 1. The highest BCUT2D eigenvalue weighted by Gasteiger charge is 2.32. The standard InChI is InChI=1S/C21H21N5O2S/c1-2-15-18(29-20(25-15)19-23-10-6-11-24-19)21(28)26-12-5-7-14(13-26)17(27)16-8-3-4-9-22-16/h3-4,6,8-11,14H,2,5,7,12-13H2,1H3. The molecule has 1 unspecified atom stereocenters. The summed E-state index contributed by atoms with van der Waals surface area (Å²) in [6, 6.07) is 7.07. The van der Waals surface area contributed by atoms with Gasteiger partial charge in [-0.1, -0.05) is 13.0 Å². The summed E-state index contributed by atoms with van der Waals surface area (Å²) < 4.78 is 0. The highest BCUT2D eigenvalue weighted by Crippen LogP contribution is 2.29. The SMILES string of the molecule is CCc1nc(-c2ncccn2)sc1C(=O)N1CCCC(C(=O)c2ccccn2)C1. The first-order chi connectivity index (χ1) is 14.2. The second kappa shape index (κ2) is 8.57. The molecule has 0 spiro atoms. The Morgan fingerprint density at radius 3 is 2.66 bits per heavy atom. The number of hydrogen-bond donors (Lipinski definition) is 0. The van der Waals surface area contributed by atoms with Crippen LogP contribution in [0.3, 0.4) is 0 Å². The average Bonchev–Trinajstić information content (AvgIpc) is 3.24. The van der Waals surface area contributed by atoms with Gasteiger partial charge < -0.3 is 4.90 Å². The zero-order valence-electron chi connectivity index (χ0n) is 16.1. The van der Waals surface area contributed by atoms with E-state index in [2.05, 4.69) is 19.9 Å². The summed E-state index contributed by atoms with van der Waals surface area (Å²) in [7, 11) is 0. The Bertz CT molecular complexity index is 1010. The van der Waals surface area contributed by atoms with Gasteiger partial charge in [0.1, 0.15) is 10.6 Å². The zero-order chi connectivity index (χ0) is 20.2. The number of amides is 1. The number of nitrogens with zero attached hydrogens (tertiary/aromatic N) is 5. The molecular weight excluding hydrogens is 386 g/mol. The third-order valence-electron chi connectivity index (χ3n) is 4.98. The Kier molecular flexibility index (Phi) is 5.71. The predicted molar refractivity (Wildman–Crippen MR) is 110 cm³/mol. The van der Waals surface area contributed by atoms with Gasteiger partial charge in [0.15, 0.2) is 16.6 Å². The van der Waals surface area contributed by atoms with Crippen molar-refractivity contribution in [2.45, 2.75) is 26.2 Å². The monoisotopic (exact) mass is 407 g/mol. The Balaban J connectivity index is 1.55. The van der Waals surface area contributed by atoms with Crippen molar-refractivity contribution in [2.75, 3.05) is 13.1 Å². The second-order valence-corrected chi connectivity index (χ2v) is 7.89. The van der Waals surface area contributed by atoms with E-state index in [1.807, 2.05) is 13.0 Å². The van der Waals surface area contributed by atoms with Crippen molar-refractivity contribution in [3.05, 3.63) is 59.1 Å². The second-order valence-electron chi connectivity index (χ2n) is 6.89. The maximum Gasteiger partial charge on any atom is 0.265 e. The van der Waals surface area contributed by atoms with Gasteiger partial charge in [-0.05, 0) is 37.5 Å². The Morgan fingerprint density at radius 2 is 1.93 bits per heavy atom. The number of pyridine rings is 1. The summed E-state index contributed by atoms with van der Waals surface area (Å²) in [5.74, 6) is 0.229. The van der Waals surface area contributed by atoms with E-state index >= 15 is 0 Å². The molecule has 4 rings (SSSR count). The highest BCUT2D eigenvalue weighted by molar-refractivity contribution is 7.17. The number of thiazole rings is 1. The number of carbonyl (C=O) groups excluding carboxylic acids is 2. The van der Waals surface area contributed by atoms with Gasteiger partial charge in [0.25, 0.3) is 5.91 Å². The predicted octanol–water partition coefficient (Wildman–Crippen LogP) is 3.29. The third kappa shape index (κ3) is 4.07. The van der Waals surface area contributed by atoms with Crippen molar-refractivity contribution in [1.82, 2.24) is 24.8 Å². The van der Waals surface area contributed by atoms with E-state index in [1.165, 1.54) is 11.3 Å². The lowest BCUT2D eigenvalue weighted by Crippen LogP contribution is -2.42. The van der Waals surface area contributed by atoms with E-state index in [0.29, 0.717) is 40.9 Å². The molecule has 3 aromatic rings. The van der Waals surface area contributed by atoms with E-state index in [-0.39, 0.29) is 17.6 Å². The van der Waals surface area contributed by atoms with Gasteiger partial charge in [0.2, 0.25) is 0 Å². The number of hydrogen-bond acceptors (Lipinski definition) is 7. The molecule has 0 saturated carbocycles. The van der Waals surface area contributed by atoms with Crippen LogP contribution in [0, 0.1) is 5.92 Å². The topological polar surface area (TPSA) is 88.9 Å². The minimum Gasteiger partial charge on any atom is -0.337 e. The molecule has 8 heteroatoms. The van der Waals surface area contributed by atoms with Gasteiger partial charge in [-0.3, -0.25) is 14.6 Å². The molecule has 1 fully saturated rings. The van der Waals surface area contributed by atoms with Crippen LogP contribution in [0.5, 0.6) is 0 Å². The van der Waals surface area contributed by atoms with Crippen molar-refractivity contribution in [3.8, 4) is 10.8 Å². The number of aromatic nitrogens is 4. The van der Waals surface area contributed by atoms with Crippen LogP contribution in [0.15, 0.2) is 42.9 Å². The van der Waals surface area contributed by atoms with Crippen LogP contribution in [-0.2, 0) is 6.42 Å². The van der Waals surface area contributed by atoms with Crippen molar-refractivity contribution < 1.29 is 9.59 Å². The Labute approximate surface area is 172 Å². The van der Waals surface area contributed by atoms with Crippen molar-refractivity contribution in [1.29, 1.82) is 0 Å². The largest absolute Gasteiger partial charge is 0.337 e. The minimum absolute atomic E-state index is 0.00138. The van der Waals surface area contributed by atoms with Crippen molar-refractivity contribution in [2.24, 2.45) is 5.92 Å². The van der Waals surface area contributed by atoms with E-state index in [4.69, 9.17) is 0 Å². The summed E-state index contributed by atoms with van der Waals surface area (Å²) in [4.78, 5) is 45.7. The zero-order valence-corrected chi connectivity index (χ0v) is 16.9. The van der Waals surface area contributed by atoms with Crippen LogP contribution in [-0.4, -0.2) is 49.6 Å². The van der Waals surface area contributed by atoms with E-state index in [1.54, 1.807) is 41.7 Å². The summed E-state index contributed by atoms with van der Waals surface area (Å²) >= 11 is 1.32. The molecule has 7 nitrogen and oxygen atoms in total. The third-order valence-corrected chi connectivity index (χ3v) is 6.06. The van der Waals surface area contributed by atoms with Gasteiger partial charge in [-0.15, -0.1) is 11.3 Å². The van der Waals surface area contributed by atoms with E-state index in [0.717, 1.165) is 18.5 Å². The lowest BCUT2D eigenvalue weighted by molar-refractivity contribution is 0.0638. The lowest BCUT2D eigenvalue weighted by atomic mass is 9.91. The molecule has 0 bridgehead atoms. The molecule has 29 heavy (non-hydrogen) atoms. The summed E-state index contributed by atoms with van der Waals surface area (Å²) in [5, 5.41) is 0.643. The molecule has 0 aromatic carbocycles. The van der Waals surface area contributed by atoms with Gasteiger partial charge in [0, 0.05) is 37.6 Å². The van der Waals surface area contributed by atoms with Crippen LogP contribution in [0.4, 0.5) is 0 Å².